The van der Waals surface area contributed by atoms with Gasteiger partial charge in [-0.1, -0.05) is 6.07 Å². The Bertz CT molecular complexity index is 618. The standard InChI is InChI=1S/C16H21NO4/c1-11(2)17(6-3-7-18)10-12-4-5-14-13(8-12)9-15(21-14)16(19)20/h4-5,8-9,11,18H,3,6-7,10H2,1-2H3,(H,19,20). The van der Waals surface area contributed by atoms with Gasteiger partial charge in [0.25, 0.3) is 0 Å². The third-order valence-electron chi connectivity index (χ3n) is 3.51. The van der Waals surface area contributed by atoms with E-state index in [9.17, 15) is 4.79 Å². The molecular weight excluding hydrogens is 270 g/mol. The number of hydrogen-bond acceptors (Lipinski definition) is 4. The molecule has 0 amide bonds. The van der Waals surface area contributed by atoms with Gasteiger partial charge in [0.2, 0.25) is 5.76 Å². The Labute approximate surface area is 123 Å². The van der Waals surface area contributed by atoms with E-state index in [4.69, 9.17) is 14.6 Å². The van der Waals surface area contributed by atoms with E-state index in [1.165, 1.54) is 0 Å². The monoisotopic (exact) mass is 291 g/mol. The Hall–Kier alpha value is -1.85. The van der Waals surface area contributed by atoms with Crippen LogP contribution in [0.5, 0.6) is 0 Å². The third-order valence-corrected chi connectivity index (χ3v) is 3.51. The van der Waals surface area contributed by atoms with Crippen molar-refractivity contribution in [2.24, 2.45) is 0 Å². The Balaban J connectivity index is 2.19. The summed E-state index contributed by atoms with van der Waals surface area (Å²) in [4.78, 5) is 13.2. The van der Waals surface area contributed by atoms with Crippen LogP contribution in [0.3, 0.4) is 0 Å². The molecule has 0 atom stereocenters. The summed E-state index contributed by atoms with van der Waals surface area (Å²) in [7, 11) is 0. The second-order valence-electron chi connectivity index (χ2n) is 5.43. The number of nitrogens with zero attached hydrogens (tertiary/aromatic N) is 1. The van der Waals surface area contributed by atoms with Crippen LogP contribution < -0.4 is 0 Å². The first-order valence-electron chi connectivity index (χ1n) is 7.12. The van der Waals surface area contributed by atoms with Gasteiger partial charge in [-0.25, -0.2) is 4.79 Å². The lowest BCUT2D eigenvalue weighted by Crippen LogP contribution is -2.31. The van der Waals surface area contributed by atoms with Crippen LogP contribution in [0.15, 0.2) is 28.7 Å². The quantitative estimate of drug-likeness (QED) is 0.820. The summed E-state index contributed by atoms with van der Waals surface area (Å²) in [6.07, 6.45) is 0.745. The van der Waals surface area contributed by atoms with Crippen molar-refractivity contribution >= 4 is 16.9 Å². The summed E-state index contributed by atoms with van der Waals surface area (Å²) >= 11 is 0. The van der Waals surface area contributed by atoms with Gasteiger partial charge < -0.3 is 14.6 Å². The molecule has 5 nitrogen and oxygen atoms in total. The van der Waals surface area contributed by atoms with Crippen LogP contribution in [-0.4, -0.2) is 40.3 Å². The highest BCUT2D eigenvalue weighted by molar-refractivity contribution is 5.91. The summed E-state index contributed by atoms with van der Waals surface area (Å²) < 4.78 is 5.26. The van der Waals surface area contributed by atoms with Crippen LogP contribution in [0.1, 0.15) is 36.4 Å². The van der Waals surface area contributed by atoms with Crippen LogP contribution in [-0.2, 0) is 6.54 Å². The minimum atomic E-state index is -1.06. The number of aliphatic hydroxyl groups excluding tert-OH is 1. The van der Waals surface area contributed by atoms with Crippen molar-refractivity contribution in [2.45, 2.75) is 32.9 Å². The van der Waals surface area contributed by atoms with Crippen LogP contribution in [0.25, 0.3) is 11.0 Å². The molecule has 2 N–H and O–H groups in total. The van der Waals surface area contributed by atoms with Crippen molar-refractivity contribution < 1.29 is 19.4 Å². The van der Waals surface area contributed by atoms with Crippen LogP contribution >= 0.6 is 0 Å². The van der Waals surface area contributed by atoms with Gasteiger partial charge in [0.1, 0.15) is 5.58 Å². The smallest absolute Gasteiger partial charge is 0.371 e. The predicted molar refractivity (Wildman–Crippen MR) is 80.4 cm³/mol. The first-order valence-corrected chi connectivity index (χ1v) is 7.12. The van der Waals surface area contributed by atoms with E-state index >= 15 is 0 Å². The number of carboxylic acid groups (broad SMARTS) is 1. The van der Waals surface area contributed by atoms with E-state index in [1.54, 1.807) is 6.07 Å². The lowest BCUT2D eigenvalue weighted by Gasteiger charge is -2.26. The summed E-state index contributed by atoms with van der Waals surface area (Å²) in [5, 5.41) is 18.7. The zero-order valence-electron chi connectivity index (χ0n) is 12.4. The Morgan fingerprint density at radius 2 is 2.10 bits per heavy atom. The number of aromatic carboxylic acids is 1. The van der Waals surface area contributed by atoms with Crippen molar-refractivity contribution in [3.05, 3.63) is 35.6 Å². The number of hydrogen-bond donors (Lipinski definition) is 2. The van der Waals surface area contributed by atoms with Gasteiger partial charge in [0, 0.05) is 31.1 Å². The van der Waals surface area contributed by atoms with E-state index in [0.29, 0.717) is 11.6 Å². The van der Waals surface area contributed by atoms with Crippen LogP contribution in [0.2, 0.25) is 0 Å². The first kappa shape index (κ1) is 15.5. The van der Waals surface area contributed by atoms with E-state index in [1.807, 2.05) is 18.2 Å². The highest BCUT2D eigenvalue weighted by atomic mass is 16.4. The van der Waals surface area contributed by atoms with E-state index in [2.05, 4.69) is 18.7 Å². The molecule has 21 heavy (non-hydrogen) atoms. The SMILES string of the molecule is CC(C)N(CCCO)Cc1ccc2oc(C(=O)O)cc2c1. The number of fused-ring (bicyclic) bond motifs is 1. The normalized spacial score (nSPS) is 11.7. The molecule has 0 spiro atoms. The molecule has 0 radical (unpaired) electrons. The highest BCUT2D eigenvalue weighted by Crippen LogP contribution is 2.22. The molecular formula is C16H21NO4. The molecule has 5 heteroatoms. The second-order valence-corrected chi connectivity index (χ2v) is 5.43. The summed E-state index contributed by atoms with van der Waals surface area (Å²) in [5.41, 5.74) is 1.69. The minimum absolute atomic E-state index is 0.0388. The third kappa shape index (κ3) is 3.83. The number of furan rings is 1. The maximum Gasteiger partial charge on any atom is 0.371 e. The van der Waals surface area contributed by atoms with E-state index in [-0.39, 0.29) is 12.4 Å². The van der Waals surface area contributed by atoms with Gasteiger partial charge in [-0.05, 0) is 44.0 Å². The molecule has 0 fully saturated rings. The lowest BCUT2D eigenvalue weighted by molar-refractivity contribution is 0.0665. The maximum absolute atomic E-state index is 10.9. The summed E-state index contributed by atoms with van der Waals surface area (Å²) in [5.74, 6) is -1.09. The van der Waals surface area contributed by atoms with Crippen molar-refractivity contribution in [1.29, 1.82) is 0 Å². The number of carboxylic acids is 1. The molecule has 2 aromatic rings. The van der Waals surface area contributed by atoms with Gasteiger partial charge in [-0.15, -0.1) is 0 Å². The largest absolute Gasteiger partial charge is 0.475 e. The number of rotatable bonds is 7. The molecule has 0 aliphatic heterocycles. The van der Waals surface area contributed by atoms with E-state index < -0.39 is 5.97 Å². The lowest BCUT2D eigenvalue weighted by atomic mass is 10.1. The van der Waals surface area contributed by atoms with Crippen molar-refractivity contribution in [3.8, 4) is 0 Å². The number of aliphatic hydroxyl groups is 1. The fourth-order valence-corrected chi connectivity index (χ4v) is 2.32. The van der Waals surface area contributed by atoms with E-state index in [0.717, 1.165) is 30.5 Å². The topological polar surface area (TPSA) is 73.9 Å². The van der Waals surface area contributed by atoms with Gasteiger partial charge in [-0.3, -0.25) is 4.90 Å². The molecule has 114 valence electrons. The maximum atomic E-state index is 10.9. The van der Waals surface area contributed by atoms with Crippen molar-refractivity contribution in [3.63, 3.8) is 0 Å². The Kier molecular flexibility index (Phi) is 4.98. The fourth-order valence-electron chi connectivity index (χ4n) is 2.32. The van der Waals surface area contributed by atoms with Crippen LogP contribution in [0, 0.1) is 0 Å². The molecule has 0 aliphatic rings. The van der Waals surface area contributed by atoms with Gasteiger partial charge in [0.05, 0.1) is 0 Å². The number of carbonyl (C=O) groups is 1. The molecule has 1 aromatic heterocycles. The Morgan fingerprint density at radius 1 is 1.33 bits per heavy atom. The molecule has 1 aromatic carbocycles. The molecule has 1 heterocycles. The highest BCUT2D eigenvalue weighted by Gasteiger charge is 2.13. The average molecular weight is 291 g/mol. The molecule has 0 saturated carbocycles. The molecule has 0 bridgehead atoms. The summed E-state index contributed by atoms with van der Waals surface area (Å²) in [6, 6.07) is 7.65. The van der Waals surface area contributed by atoms with Crippen molar-refractivity contribution in [2.75, 3.05) is 13.2 Å². The minimum Gasteiger partial charge on any atom is -0.475 e. The first-order chi connectivity index (χ1) is 10.0. The molecule has 0 saturated heterocycles. The zero-order chi connectivity index (χ0) is 15.4. The summed E-state index contributed by atoms with van der Waals surface area (Å²) in [6.45, 7) is 6.03. The van der Waals surface area contributed by atoms with Gasteiger partial charge in [0.15, 0.2) is 0 Å². The number of benzene rings is 1. The fraction of sp³-hybridized carbons (Fsp3) is 0.438. The van der Waals surface area contributed by atoms with Crippen molar-refractivity contribution in [1.82, 2.24) is 4.90 Å². The molecule has 0 unspecified atom stereocenters. The zero-order valence-corrected chi connectivity index (χ0v) is 12.4. The molecule has 2 rings (SSSR count). The molecule has 0 aliphatic carbocycles. The Morgan fingerprint density at radius 3 is 2.71 bits per heavy atom. The van der Waals surface area contributed by atoms with Gasteiger partial charge >= 0.3 is 5.97 Å². The second kappa shape index (κ2) is 6.74. The van der Waals surface area contributed by atoms with Gasteiger partial charge in [-0.2, -0.15) is 0 Å². The van der Waals surface area contributed by atoms with Crippen LogP contribution in [0.4, 0.5) is 0 Å². The predicted octanol–water partition coefficient (Wildman–Crippen LogP) is 2.72. The average Bonchev–Trinajstić information content (AvgIpc) is 2.86.